The molecule has 1 aromatic carbocycles. The molecule has 10 nitrogen and oxygen atoms in total. The van der Waals surface area contributed by atoms with Gasteiger partial charge in [0.05, 0.1) is 15.7 Å². The van der Waals surface area contributed by atoms with Crippen molar-refractivity contribution in [3.8, 4) is 0 Å². The molecule has 1 N–H and O–H groups in total. The van der Waals surface area contributed by atoms with Gasteiger partial charge in [0.1, 0.15) is 0 Å². The second kappa shape index (κ2) is 9.95. The third-order valence-electron chi connectivity index (χ3n) is 6.15. The van der Waals surface area contributed by atoms with Gasteiger partial charge in [0.25, 0.3) is 11.6 Å². The minimum Gasteiger partial charge on any atom is -0.452 e. The summed E-state index contributed by atoms with van der Waals surface area (Å²) in [4.78, 5) is 35.0. The van der Waals surface area contributed by atoms with Crippen LogP contribution in [0, 0.1) is 23.0 Å². The Balaban J connectivity index is 1.57. The highest BCUT2D eigenvalue weighted by Gasteiger charge is 2.35. The molecule has 1 heterocycles. The third-order valence-corrected chi connectivity index (χ3v) is 8.19. The van der Waals surface area contributed by atoms with Crippen molar-refractivity contribution in [1.82, 2.24) is 9.62 Å². The molecule has 3 rings (SSSR count). The maximum atomic E-state index is 13.0. The fourth-order valence-electron chi connectivity index (χ4n) is 4.16. The van der Waals surface area contributed by atoms with Gasteiger partial charge >= 0.3 is 5.97 Å². The van der Waals surface area contributed by atoms with Crippen LogP contribution in [0.1, 0.15) is 51.0 Å². The van der Waals surface area contributed by atoms with Crippen LogP contribution in [0.2, 0.25) is 0 Å². The molecule has 2 aliphatic rings. The Morgan fingerprint density at radius 3 is 2.41 bits per heavy atom. The maximum absolute atomic E-state index is 13.0. The zero-order chi connectivity index (χ0) is 23.5. The molecule has 11 heteroatoms. The van der Waals surface area contributed by atoms with Crippen LogP contribution in [0.15, 0.2) is 23.1 Å². The minimum atomic E-state index is -3.94. The van der Waals surface area contributed by atoms with Gasteiger partial charge in [-0.25, -0.2) is 8.42 Å². The Labute approximate surface area is 187 Å². The van der Waals surface area contributed by atoms with Crippen LogP contribution in [-0.4, -0.2) is 54.8 Å². The molecule has 1 aromatic rings. The van der Waals surface area contributed by atoms with E-state index in [0.717, 1.165) is 31.7 Å². The van der Waals surface area contributed by atoms with Crippen molar-refractivity contribution in [3.05, 3.63) is 33.9 Å². The van der Waals surface area contributed by atoms with Gasteiger partial charge in [0.15, 0.2) is 6.10 Å². The molecule has 0 bridgehead atoms. The quantitative estimate of drug-likeness (QED) is 0.369. The van der Waals surface area contributed by atoms with Crippen molar-refractivity contribution in [2.24, 2.45) is 5.92 Å². The molecule has 32 heavy (non-hydrogen) atoms. The number of nitrogens with zero attached hydrogens (tertiary/aromatic N) is 2. The Morgan fingerprint density at radius 1 is 1.19 bits per heavy atom. The van der Waals surface area contributed by atoms with Crippen molar-refractivity contribution in [1.29, 1.82) is 0 Å². The minimum absolute atomic E-state index is 0.0902. The van der Waals surface area contributed by atoms with Gasteiger partial charge in [-0.05, 0) is 45.1 Å². The highest BCUT2D eigenvalue weighted by Crippen LogP contribution is 2.29. The second-order valence-corrected chi connectivity index (χ2v) is 10.4. The molecule has 176 valence electrons. The lowest BCUT2D eigenvalue weighted by Gasteiger charge is -2.31. The number of nitrogens with one attached hydrogen (secondary N) is 1. The van der Waals surface area contributed by atoms with Gasteiger partial charge in [0.2, 0.25) is 10.0 Å². The summed E-state index contributed by atoms with van der Waals surface area (Å²) < 4.78 is 32.6. The zero-order valence-corrected chi connectivity index (χ0v) is 19.1. The number of nitro benzene ring substituents is 1. The van der Waals surface area contributed by atoms with Gasteiger partial charge in [-0.1, -0.05) is 18.9 Å². The van der Waals surface area contributed by atoms with Crippen LogP contribution in [0.3, 0.4) is 0 Å². The van der Waals surface area contributed by atoms with E-state index in [0.29, 0.717) is 5.56 Å². The average molecular weight is 468 g/mol. The number of hydrogen-bond acceptors (Lipinski definition) is 7. The first kappa shape index (κ1) is 24.1. The summed E-state index contributed by atoms with van der Waals surface area (Å²) in [5.74, 6) is -1.33. The average Bonchev–Trinajstić information content (AvgIpc) is 3.26. The van der Waals surface area contributed by atoms with Crippen LogP contribution in [0.25, 0.3) is 0 Å². The van der Waals surface area contributed by atoms with Crippen LogP contribution >= 0.6 is 0 Å². The number of amides is 1. The standard InChI is InChI=1S/C21H29N3O7S/c1-14-7-8-18(24(27)28)13-19(14)32(29,30)23-11-9-16(10-12-23)21(26)31-15(2)20(25)22-17-5-3-4-6-17/h7-8,13,15-17H,3-6,9-12H2,1-2H3,(H,22,25). The third kappa shape index (κ3) is 5.44. The number of non-ortho nitro benzene ring substituents is 1. The summed E-state index contributed by atoms with van der Waals surface area (Å²) in [6.45, 7) is 3.30. The first-order valence-corrected chi connectivity index (χ1v) is 12.3. The predicted molar refractivity (Wildman–Crippen MR) is 115 cm³/mol. The number of carbonyl (C=O) groups excluding carboxylic acids is 2. The molecular weight excluding hydrogens is 438 g/mol. The molecule has 0 spiro atoms. The van der Waals surface area contributed by atoms with Crippen molar-refractivity contribution < 1.29 is 27.7 Å². The first-order valence-electron chi connectivity index (χ1n) is 10.9. The molecular formula is C21H29N3O7S. The molecule has 1 saturated heterocycles. The summed E-state index contributed by atoms with van der Waals surface area (Å²) in [7, 11) is -3.94. The molecule has 2 fully saturated rings. The number of esters is 1. The lowest BCUT2D eigenvalue weighted by atomic mass is 9.98. The van der Waals surface area contributed by atoms with Crippen molar-refractivity contribution >= 4 is 27.6 Å². The highest BCUT2D eigenvalue weighted by atomic mass is 32.2. The SMILES string of the molecule is Cc1ccc([N+](=O)[O-])cc1S(=O)(=O)N1CCC(C(=O)OC(C)C(=O)NC2CCCC2)CC1. The first-order chi connectivity index (χ1) is 15.1. The van der Waals surface area contributed by atoms with E-state index in [1.54, 1.807) is 6.92 Å². The summed E-state index contributed by atoms with van der Waals surface area (Å²) in [5, 5.41) is 13.9. The summed E-state index contributed by atoms with van der Waals surface area (Å²) in [6.07, 6.45) is 3.63. The fourth-order valence-corrected chi connectivity index (χ4v) is 5.88. The summed E-state index contributed by atoms with van der Waals surface area (Å²) in [5.41, 5.74) is 0.122. The van der Waals surface area contributed by atoms with E-state index < -0.39 is 32.9 Å². The second-order valence-electron chi connectivity index (χ2n) is 8.45. The number of ether oxygens (including phenoxy) is 1. The molecule has 1 aliphatic heterocycles. The number of carbonyl (C=O) groups is 2. The van der Waals surface area contributed by atoms with E-state index in [1.165, 1.54) is 23.4 Å². The van der Waals surface area contributed by atoms with Crippen molar-refractivity contribution in [2.75, 3.05) is 13.1 Å². The number of piperidine rings is 1. The summed E-state index contributed by atoms with van der Waals surface area (Å²) >= 11 is 0. The molecule has 1 aliphatic carbocycles. The smallest absolute Gasteiger partial charge is 0.309 e. The number of aryl methyl sites for hydroxylation is 1. The van der Waals surface area contributed by atoms with E-state index in [4.69, 9.17) is 4.74 Å². The lowest BCUT2D eigenvalue weighted by molar-refractivity contribution is -0.385. The number of rotatable bonds is 7. The fraction of sp³-hybridized carbons (Fsp3) is 0.619. The van der Waals surface area contributed by atoms with Gasteiger partial charge in [-0.15, -0.1) is 0 Å². The molecule has 1 unspecified atom stereocenters. The van der Waals surface area contributed by atoms with Gasteiger partial charge in [0, 0.05) is 31.3 Å². The predicted octanol–water partition coefficient (Wildman–Crippen LogP) is 2.29. The number of hydrogen-bond donors (Lipinski definition) is 1. The molecule has 0 aromatic heterocycles. The van der Waals surface area contributed by atoms with Crippen molar-refractivity contribution in [2.45, 2.75) is 69.4 Å². The Kier molecular flexibility index (Phi) is 7.50. The van der Waals surface area contributed by atoms with E-state index in [9.17, 15) is 28.1 Å². The van der Waals surface area contributed by atoms with Crippen LogP contribution in [0.5, 0.6) is 0 Å². The monoisotopic (exact) mass is 467 g/mol. The van der Waals surface area contributed by atoms with E-state index in [-0.39, 0.29) is 48.5 Å². The van der Waals surface area contributed by atoms with E-state index in [2.05, 4.69) is 5.32 Å². The van der Waals surface area contributed by atoms with Gasteiger partial charge in [-0.3, -0.25) is 19.7 Å². The molecule has 1 atom stereocenters. The summed E-state index contributed by atoms with van der Waals surface area (Å²) in [6, 6.07) is 3.87. The number of nitro groups is 1. The van der Waals surface area contributed by atoms with E-state index in [1.807, 2.05) is 0 Å². The molecule has 1 amide bonds. The maximum Gasteiger partial charge on any atom is 0.309 e. The topological polar surface area (TPSA) is 136 Å². The van der Waals surface area contributed by atoms with Crippen molar-refractivity contribution in [3.63, 3.8) is 0 Å². The Hall–Kier alpha value is -2.53. The largest absolute Gasteiger partial charge is 0.452 e. The van der Waals surface area contributed by atoms with Crippen LogP contribution in [0.4, 0.5) is 5.69 Å². The molecule has 1 saturated carbocycles. The van der Waals surface area contributed by atoms with Gasteiger partial charge in [-0.2, -0.15) is 4.31 Å². The number of benzene rings is 1. The van der Waals surface area contributed by atoms with E-state index >= 15 is 0 Å². The number of sulfonamides is 1. The van der Waals surface area contributed by atoms with Crippen LogP contribution in [-0.2, 0) is 24.3 Å². The molecule has 0 radical (unpaired) electrons. The Morgan fingerprint density at radius 2 is 1.81 bits per heavy atom. The Bertz CT molecular complexity index is 981. The lowest BCUT2D eigenvalue weighted by Crippen LogP contribution is -2.44. The highest BCUT2D eigenvalue weighted by molar-refractivity contribution is 7.89. The zero-order valence-electron chi connectivity index (χ0n) is 18.3. The van der Waals surface area contributed by atoms with Crippen LogP contribution < -0.4 is 5.32 Å². The van der Waals surface area contributed by atoms with Gasteiger partial charge < -0.3 is 10.1 Å². The normalized spacial score (nSPS) is 19.4.